The van der Waals surface area contributed by atoms with Gasteiger partial charge in [-0.15, -0.1) is 0 Å². The Balaban J connectivity index is 1.98. The van der Waals surface area contributed by atoms with Gasteiger partial charge in [0.2, 0.25) is 6.33 Å². The van der Waals surface area contributed by atoms with Gasteiger partial charge in [-0.2, -0.15) is 9.67 Å². The maximum atomic E-state index is 4.33. The summed E-state index contributed by atoms with van der Waals surface area (Å²) in [4.78, 5) is 4.33. The maximum absolute atomic E-state index is 4.33. The molecule has 0 atom stereocenters. The lowest BCUT2D eigenvalue weighted by Crippen LogP contribution is -2.38. The standard InChI is InChI=1S/C20H17N4/c1-15-12-18(16-8-4-2-5-9-16)13-19(17-10-6-3-7-11-17)24(15)20-21-14-22-23-20/h2-14H,1H3,(H,21,22,23)/q+1. The zero-order valence-electron chi connectivity index (χ0n) is 13.3. The number of rotatable bonds is 3. The molecule has 2 heterocycles. The number of pyridine rings is 1. The third-order valence-electron chi connectivity index (χ3n) is 4.04. The van der Waals surface area contributed by atoms with Gasteiger partial charge in [0, 0.05) is 5.56 Å². The number of nitrogens with one attached hydrogen (secondary N) is 1. The average Bonchev–Trinajstić information content (AvgIpc) is 3.16. The van der Waals surface area contributed by atoms with E-state index in [1.165, 1.54) is 17.5 Å². The largest absolute Gasteiger partial charge is 0.422 e. The van der Waals surface area contributed by atoms with E-state index < -0.39 is 0 Å². The third kappa shape index (κ3) is 2.58. The quantitative estimate of drug-likeness (QED) is 0.586. The summed E-state index contributed by atoms with van der Waals surface area (Å²) in [5.74, 6) is 0.714. The van der Waals surface area contributed by atoms with Crippen LogP contribution in [0.15, 0.2) is 79.1 Å². The monoisotopic (exact) mass is 313 g/mol. The van der Waals surface area contributed by atoms with Gasteiger partial charge in [0.05, 0.1) is 5.69 Å². The van der Waals surface area contributed by atoms with E-state index in [0.29, 0.717) is 5.95 Å². The fourth-order valence-electron chi connectivity index (χ4n) is 2.94. The predicted molar refractivity (Wildman–Crippen MR) is 93.5 cm³/mol. The van der Waals surface area contributed by atoms with Crippen LogP contribution in [0.3, 0.4) is 0 Å². The first-order valence-electron chi connectivity index (χ1n) is 7.86. The van der Waals surface area contributed by atoms with Gasteiger partial charge in [0.25, 0.3) is 0 Å². The highest BCUT2D eigenvalue weighted by atomic mass is 15.3. The SMILES string of the molecule is Cc1cc(-c2ccccc2)cc(-c2ccccc2)[n+]1-c1ncn[nH]1. The van der Waals surface area contributed by atoms with Crippen LogP contribution in [-0.2, 0) is 0 Å². The van der Waals surface area contributed by atoms with Gasteiger partial charge in [-0.05, 0) is 30.2 Å². The molecule has 0 radical (unpaired) electrons. The van der Waals surface area contributed by atoms with Gasteiger partial charge in [0.15, 0.2) is 0 Å². The molecular formula is C20H17N4+. The van der Waals surface area contributed by atoms with E-state index in [1.54, 1.807) is 0 Å². The van der Waals surface area contributed by atoms with Crippen molar-refractivity contribution in [2.24, 2.45) is 0 Å². The molecule has 0 saturated heterocycles. The van der Waals surface area contributed by atoms with Crippen LogP contribution < -0.4 is 4.57 Å². The van der Waals surface area contributed by atoms with Gasteiger partial charge in [-0.1, -0.05) is 70.7 Å². The summed E-state index contributed by atoms with van der Waals surface area (Å²) in [6.45, 7) is 2.08. The molecule has 116 valence electrons. The molecule has 4 rings (SSSR count). The normalized spacial score (nSPS) is 10.7. The summed E-state index contributed by atoms with van der Waals surface area (Å²) in [6.07, 6.45) is 1.53. The fourth-order valence-corrected chi connectivity index (χ4v) is 2.94. The van der Waals surface area contributed by atoms with Crippen LogP contribution in [0, 0.1) is 6.92 Å². The minimum absolute atomic E-state index is 0.714. The smallest absolute Gasteiger partial charge is 0.197 e. The van der Waals surface area contributed by atoms with Crippen molar-refractivity contribution in [3.63, 3.8) is 0 Å². The molecule has 0 saturated carbocycles. The molecule has 4 heteroatoms. The highest BCUT2D eigenvalue weighted by molar-refractivity contribution is 5.69. The van der Waals surface area contributed by atoms with Gasteiger partial charge >= 0.3 is 5.95 Å². The fraction of sp³-hybridized carbons (Fsp3) is 0.0500. The Labute approximate surface area is 140 Å². The number of hydrogen-bond donors (Lipinski definition) is 1. The van der Waals surface area contributed by atoms with Crippen molar-refractivity contribution in [2.75, 3.05) is 0 Å². The van der Waals surface area contributed by atoms with Crippen molar-refractivity contribution in [3.8, 4) is 28.3 Å². The first-order valence-corrected chi connectivity index (χ1v) is 7.86. The molecule has 2 aromatic heterocycles. The molecule has 24 heavy (non-hydrogen) atoms. The van der Waals surface area contributed by atoms with E-state index in [1.807, 2.05) is 24.3 Å². The van der Waals surface area contributed by atoms with Crippen LogP contribution in [-0.4, -0.2) is 15.2 Å². The summed E-state index contributed by atoms with van der Waals surface area (Å²) >= 11 is 0. The van der Waals surface area contributed by atoms with Gasteiger partial charge < -0.3 is 0 Å². The lowest BCUT2D eigenvalue weighted by atomic mass is 10.0. The van der Waals surface area contributed by atoms with Crippen molar-refractivity contribution < 1.29 is 4.57 Å². The number of nitrogens with zero attached hydrogens (tertiary/aromatic N) is 3. The number of benzene rings is 2. The molecule has 2 aromatic carbocycles. The number of hydrogen-bond acceptors (Lipinski definition) is 2. The van der Waals surface area contributed by atoms with Crippen LogP contribution in [0.25, 0.3) is 28.3 Å². The first kappa shape index (κ1) is 14.3. The van der Waals surface area contributed by atoms with Crippen LogP contribution in [0.4, 0.5) is 0 Å². The number of aromatic nitrogens is 4. The molecule has 0 unspecified atom stereocenters. The van der Waals surface area contributed by atoms with E-state index in [4.69, 9.17) is 0 Å². The number of H-pyrrole nitrogens is 1. The molecule has 0 amide bonds. The predicted octanol–water partition coefficient (Wildman–Crippen LogP) is 3.72. The topological polar surface area (TPSA) is 45.5 Å². The number of aromatic amines is 1. The summed E-state index contributed by atoms with van der Waals surface area (Å²) in [5, 5.41) is 6.96. The van der Waals surface area contributed by atoms with Crippen molar-refractivity contribution >= 4 is 0 Å². The van der Waals surface area contributed by atoms with Crippen molar-refractivity contribution in [1.29, 1.82) is 0 Å². The summed E-state index contributed by atoms with van der Waals surface area (Å²) < 4.78 is 2.09. The Bertz CT molecular complexity index is 946. The van der Waals surface area contributed by atoms with E-state index in [9.17, 15) is 0 Å². The van der Waals surface area contributed by atoms with Gasteiger partial charge in [-0.3, -0.25) is 0 Å². The van der Waals surface area contributed by atoms with E-state index in [-0.39, 0.29) is 0 Å². The molecule has 4 aromatic rings. The molecule has 1 N–H and O–H groups in total. The lowest BCUT2D eigenvalue weighted by Gasteiger charge is -2.12. The van der Waals surface area contributed by atoms with Gasteiger partial charge in [0.1, 0.15) is 5.69 Å². The zero-order valence-corrected chi connectivity index (χ0v) is 13.3. The van der Waals surface area contributed by atoms with Crippen molar-refractivity contribution in [1.82, 2.24) is 15.2 Å². The zero-order chi connectivity index (χ0) is 16.4. The minimum Gasteiger partial charge on any atom is -0.197 e. The maximum Gasteiger partial charge on any atom is 0.422 e. The Morgan fingerprint density at radius 3 is 2.08 bits per heavy atom. The molecule has 4 nitrogen and oxygen atoms in total. The second-order valence-corrected chi connectivity index (χ2v) is 5.65. The molecule has 0 aliphatic rings. The van der Waals surface area contributed by atoms with Crippen LogP contribution >= 0.6 is 0 Å². The van der Waals surface area contributed by atoms with Crippen LogP contribution in [0.1, 0.15) is 5.69 Å². The summed E-state index contributed by atoms with van der Waals surface area (Å²) in [7, 11) is 0. The highest BCUT2D eigenvalue weighted by Gasteiger charge is 2.19. The average molecular weight is 313 g/mol. The van der Waals surface area contributed by atoms with Crippen LogP contribution in [0.5, 0.6) is 0 Å². The van der Waals surface area contributed by atoms with E-state index in [2.05, 4.69) is 75.2 Å². The van der Waals surface area contributed by atoms with Crippen molar-refractivity contribution in [2.45, 2.75) is 6.92 Å². The molecular weight excluding hydrogens is 296 g/mol. The third-order valence-corrected chi connectivity index (χ3v) is 4.04. The molecule has 0 fully saturated rings. The van der Waals surface area contributed by atoms with Crippen LogP contribution in [0.2, 0.25) is 0 Å². The lowest BCUT2D eigenvalue weighted by molar-refractivity contribution is -0.598. The molecule has 0 bridgehead atoms. The Morgan fingerprint density at radius 2 is 1.46 bits per heavy atom. The second kappa shape index (κ2) is 6.08. The summed E-state index contributed by atoms with van der Waals surface area (Å²) in [6, 6.07) is 25.1. The van der Waals surface area contributed by atoms with E-state index >= 15 is 0 Å². The summed E-state index contributed by atoms with van der Waals surface area (Å²) in [5.41, 5.74) is 5.68. The molecule has 0 aliphatic heterocycles. The Kier molecular flexibility index (Phi) is 3.63. The molecule has 0 spiro atoms. The number of aryl methyl sites for hydroxylation is 1. The first-order chi connectivity index (χ1) is 11.8. The Hall–Kier alpha value is -3.27. The minimum atomic E-state index is 0.714. The second-order valence-electron chi connectivity index (χ2n) is 5.65. The van der Waals surface area contributed by atoms with Gasteiger partial charge in [-0.25, -0.2) is 0 Å². The highest BCUT2D eigenvalue weighted by Crippen LogP contribution is 2.25. The molecule has 0 aliphatic carbocycles. The van der Waals surface area contributed by atoms with Crippen molar-refractivity contribution in [3.05, 3.63) is 84.8 Å². The Morgan fingerprint density at radius 1 is 0.792 bits per heavy atom. The van der Waals surface area contributed by atoms with E-state index in [0.717, 1.165) is 17.0 Å².